The monoisotopic (exact) mass is 495 g/mol. The fraction of sp³-hybridized carbons (Fsp3) is 0.926. The van der Waals surface area contributed by atoms with E-state index in [-0.39, 0.29) is 12.5 Å². The van der Waals surface area contributed by atoms with E-state index in [1.165, 1.54) is 45.4 Å². The number of fused-ring (bicyclic) bond motifs is 5. The topological polar surface area (TPSA) is 101 Å². The first kappa shape index (κ1) is 26.1. The Kier molecular flexibility index (Phi) is 7.29. The van der Waals surface area contributed by atoms with Crippen molar-refractivity contribution in [2.45, 2.75) is 104 Å². The normalized spacial score (nSPS) is 41.7. The maximum Gasteiger partial charge on any atom is 0.269 e. The number of hydrogen-bond acceptors (Lipinski definition) is 4. The molecule has 0 aliphatic heterocycles. The summed E-state index contributed by atoms with van der Waals surface area (Å²) in [7, 11) is -4.12. The SMILES string of the molecule is C[C@H](CCC(=O)NC[C@@H](C)S(=O)(=O)O)[C@H]1CC[C@H]2[C@@H]3CC[C@@H]4CC(=O)CC[C@]4(C)[C@H]3CC[C@]12C. The van der Waals surface area contributed by atoms with Gasteiger partial charge in [-0.3, -0.25) is 14.1 Å². The minimum Gasteiger partial charge on any atom is -0.355 e. The molecule has 0 spiro atoms. The van der Waals surface area contributed by atoms with Crippen LogP contribution in [0.5, 0.6) is 0 Å². The number of carbonyl (C=O) groups is 2. The van der Waals surface area contributed by atoms with E-state index in [1.54, 1.807) is 0 Å². The number of nitrogens with one attached hydrogen (secondary N) is 1. The minimum absolute atomic E-state index is 0.0519. The van der Waals surface area contributed by atoms with Crippen LogP contribution in [0.2, 0.25) is 0 Å². The van der Waals surface area contributed by atoms with Crippen molar-refractivity contribution in [1.29, 1.82) is 0 Å². The Labute approximate surface area is 206 Å². The zero-order valence-corrected chi connectivity index (χ0v) is 22.3. The summed E-state index contributed by atoms with van der Waals surface area (Å²) in [6.07, 6.45) is 11.5. The first-order valence-electron chi connectivity index (χ1n) is 13.6. The Morgan fingerprint density at radius 3 is 2.47 bits per heavy atom. The number of amides is 1. The highest BCUT2D eigenvalue weighted by Gasteiger charge is 2.60. The maximum atomic E-state index is 12.3. The Morgan fingerprint density at radius 1 is 1.06 bits per heavy atom. The summed E-state index contributed by atoms with van der Waals surface area (Å²) < 4.78 is 31.4. The summed E-state index contributed by atoms with van der Waals surface area (Å²) in [6.45, 7) is 8.66. The molecule has 0 radical (unpaired) electrons. The van der Waals surface area contributed by atoms with E-state index in [0.717, 1.165) is 43.4 Å². The fourth-order valence-electron chi connectivity index (χ4n) is 9.03. The number of Topliss-reactive ketones (excluding diaryl/α,β-unsaturated/α-hetero) is 1. The van der Waals surface area contributed by atoms with E-state index < -0.39 is 15.4 Å². The minimum atomic E-state index is -4.12. The molecule has 6 nitrogen and oxygen atoms in total. The second kappa shape index (κ2) is 9.49. The first-order valence-corrected chi connectivity index (χ1v) is 15.1. The smallest absolute Gasteiger partial charge is 0.269 e. The summed E-state index contributed by atoms with van der Waals surface area (Å²) >= 11 is 0. The van der Waals surface area contributed by atoms with Crippen molar-refractivity contribution >= 4 is 21.8 Å². The van der Waals surface area contributed by atoms with Crippen LogP contribution in [-0.4, -0.2) is 36.5 Å². The van der Waals surface area contributed by atoms with Crippen molar-refractivity contribution < 1.29 is 22.6 Å². The summed E-state index contributed by atoms with van der Waals surface area (Å²) in [5.74, 6) is 4.34. The van der Waals surface area contributed by atoms with Crippen molar-refractivity contribution in [3.63, 3.8) is 0 Å². The molecule has 4 saturated carbocycles. The van der Waals surface area contributed by atoms with Gasteiger partial charge in [0.2, 0.25) is 5.91 Å². The summed E-state index contributed by atoms with van der Waals surface area (Å²) in [5.41, 5.74) is 0.684. The lowest BCUT2D eigenvalue weighted by Gasteiger charge is -2.60. The molecule has 4 aliphatic rings. The van der Waals surface area contributed by atoms with Gasteiger partial charge in [0.1, 0.15) is 11.0 Å². The predicted molar refractivity (Wildman–Crippen MR) is 133 cm³/mol. The van der Waals surface area contributed by atoms with Crippen LogP contribution in [-0.2, 0) is 19.7 Å². The molecule has 4 aliphatic carbocycles. The molecule has 0 bridgehead atoms. The molecule has 2 N–H and O–H groups in total. The standard InChI is InChI=1S/C27H45NO5S/c1-17(5-10-25(30)28-16-18(2)34(31,32)33)22-8-9-23-21-7-6-19-15-20(29)11-13-26(19,3)24(21)12-14-27(22,23)4/h17-19,21-24H,5-16H2,1-4H3,(H,28,30)(H,31,32,33)/t17-,18-,19-,21+,22-,23+,24+,26+,27-/m1/s1. The van der Waals surface area contributed by atoms with Crippen LogP contribution in [0.1, 0.15) is 98.3 Å². The zero-order valence-electron chi connectivity index (χ0n) is 21.5. The summed E-state index contributed by atoms with van der Waals surface area (Å²) in [4.78, 5) is 24.5. The quantitative estimate of drug-likeness (QED) is 0.483. The van der Waals surface area contributed by atoms with Gasteiger partial charge in [-0.15, -0.1) is 0 Å². The van der Waals surface area contributed by atoms with Crippen molar-refractivity contribution in [3.8, 4) is 0 Å². The van der Waals surface area contributed by atoms with Crippen LogP contribution in [0.4, 0.5) is 0 Å². The van der Waals surface area contributed by atoms with Crippen LogP contribution in [0, 0.1) is 46.3 Å². The maximum absolute atomic E-state index is 12.3. The van der Waals surface area contributed by atoms with Gasteiger partial charge < -0.3 is 5.32 Å². The highest BCUT2D eigenvalue weighted by Crippen LogP contribution is 2.68. The Morgan fingerprint density at radius 2 is 1.76 bits per heavy atom. The number of hydrogen-bond donors (Lipinski definition) is 2. The third-order valence-corrected chi connectivity index (χ3v) is 12.3. The molecule has 4 rings (SSSR count). The third-order valence-electron chi connectivity index (χ3n) is 11.2. The predicted octanol–water partition coefficient (Wildman–Crippen LogP) is 5.02. The Bertz CT molecular complexity index is 903. The molecular weight excluding hydrogens is 450 g/mol. The van der Waals surface area contributed by atoms with E-state index in [1.807, 2.05) is 0 Å². The highest BCUT2D eigenvalue weighted by atomic mass is 32.2. The Balaban J connectivity index is 1.35. The van der Waals surface area contributed by atoms with E-state index >= 15 is 0 Å². The molecular formula is C27H45NO5S. The lowest BCUT2D eigenvalue weighted by molar-refractivity contribution is -0.140. The molecule has 194 valence electrons. The molecule has 0 aromatic carbocycles. The lowest BCUT2D eigenvalue weighted by Crippen LogP contribution is -2.53. The first-order chi connectivity index (χ1) is 15.9. The molecule has 34 heavy (non-hydrogen) atoms. The highest BCUT2D eigenvalue weighted by molar-refractivity contribution is 7.86. The second-order valence-corrected chi connectivity index (χ2v) is 14.6. The van der Waals surface area contributed by atoms with Gasteiger partial charge in [-0.1, -0.05) is 20.8 Å². The number of rotatable bonds is 7. The summed E-state index contributed by atoms with van der Waals surface area (Å²) in [5, 5.41) is 1.68. The van der Waals surface area contributed by atoms with Gasteiger partial charge >= 0.3 is 0 Å². The van der Waals surface area contributed by atoms with Gasteiger partial charge in [0.25, 0.3) is 10.1 Å². The average molecular weight is 496 g/mol. The molecule has 0 heterocycles. The molecule has 0 unspecified atom stereocenters. The molecule has 4 fully saturated rings. The van der Waals surface area contributed by atoms with Crippen LogP contribution < -0.4 is 5.32 Å². The molecule has 0 aromatic heterocycles. The zero-order chi connectivity index (χ0) is 24.9. The van der Waals surface area contributed by atoms with Gasteiger partial charge in [-0.25, -0.2) is 0 Å². The van der Waals surface area contributed by atoms with Crippen molar-refractivity contribution in [3.05, 3.63) is 0 Å². The van der Waals surface area contributed by atoms with Gasteiger partial charge in [-0.05, 0) is 105 Å². The second-order valence-electron chi connectivity index (χ2n) is 12.8. The molecule has 9 atom stereocenters. The van der Waals surface area contributed by atoms with E-state index in [2.05, 4.69) is 26.1 Å². The van der Waals surface area contributed by atoms with Crippen LogP contribution >= 0.6 is 0 Å². The number of ketones is 1. The Hall–Kier alpha value is -0.950. The molecule has 0 aromatic rings. The van der Waals surface area contributed by atoms with Gasteiger partial charge in [0, 0.05) is 25.8 Å². The van der Waals surface area contributed by atoms with Gasteiger partial charge in [-0.2, -0.15) is 8.42 Å². The molecule has 0 saturated heterocycles. The van der Waals surface area contributed by atoms with E-state index in [0.29, 0.717) is 40.8 Å². The molecule has 1 amide bonds. The van der Waals surface area contributed by atoms with Crippen LogP contribution in [0.15, 0.2) is 0 Å². The fourth-order valence-corrected chi connectivity index (χ4v) is 9.33. The third kappa shape index (κ3) is 4.72. The number of carbonyl (C=O) groups excluding carboxylic acids is 2. The lowest BCUT2D eigenvalue weighted by atomic mass is 9.44. The molecule has 7 heteroatoms. The van der Waals surface area contributed by atoms with Crippen LogP contribution in [0.25, 0.3) is 0 Å². The average Bonchev–Trinajstić information content (AvgIpc) is 3.13. The van der Waals surface area contributed by atoms with Crippen molar-refractivity contribution in [1.82, 2.24) is 5.32 Å². The van der Waals surface area contributed by atoms with Crippen LogP contribution in [0.3, 0.4) is 0 Å². The van der Waals surface area contributed by atoms with E-state index in [4.69, 9.17) is 4.55 Å². The largest absolute Gasteiger partial charge is 0.355 e. The van der Waals surface area contributed by atoms with Gasteiger partial charge in [0.05, 0.1) is 0 Å². The van der Waals surface area contributed by atoms with Crippen molar-refractivity contribution in [2.75, 3.05) is 6.54 Å². The van der Waals surface area contributed by atoms with Gasteiger partial charge in [0.15, 0.2) is 0 Å². The van der Waals surface area contributed by atoms with Crippen molar-refractivity contribution in [2.24, 2.45) is 46.3 Å². The van der Waals surface area contributed by atoms with E-state index in [9.17, 15) is 18.0 Å². The summed E-state index contributed by atoms with van der Waals surface area (Å²) in [6, 6.07) is 0.